The molecule has 0 amide bonds. The van der Waals surface area contributed by atoms with E-state index in [2.05, 4.69) is 6.92 Å². The predicted octanol–water partition coefficient (Wildman–Crippen LogP) is 4.22. The average molecular weight is 272 g/mol. The third kappa shape index (κ3) is 13.7. The van der Waals surface area contributed by atoms with Crippen molar-refractivity contribution in [3.8, 4) is 0 Å². The largest absolute Gasteiger partial charge is 0.463 e. The molecule has 2 atom stereocenters. The summed E-state index contributed by atoms with van der Waals surface area (Å²) >= 11 is 0. The summed E-state index contributed by atoms with van der Waals surface area (Å²) in [4.78, 5) is 11.5. The molecule has 2 unspecified atom stereocenters. The van der Waals surface area contributed by atoms with Crippen molar-refractivity contribution in [2.45, 2.75) is 97.2 Å². The number of aliphatic hydroxyl groups excluding tert-OH is 1. The van der Waals surface area contributed by atoms with Gasteiger partial charge in [0.1, 0.15) is 0 Å². The molecule has 0 rings (SSSR count). The lowest BCUT2D eigenvalue weighted by atomic mass is 10.1. The van der Waals surface area contributed by atoms with Gasteiger partial charge in [0.05, 0.1) is 12.2 Å². The van der Waals surface area contributed by atoms with E-state index in [9.17, 15) is 4.79 Å². The van der Waals surface area contributed by atoms with Crippen molar-refractivity contribution in [2.24, 2.45) is 0 Å². The highest BCUT2D eigenvalue weighted by Gasteiger charge is 2.10. The fraction of sp³-hybridized carbons (Fsp3) is 0.938. The van der Waals surface area contributed by atoms with Gasteiger partial charge in [0, 0.05) is 6.42 Å². The second kappa shape index (κ2) is 12.5. The summed E-state index contributed by atoms with van der Waals surface area (Å²) in [6.45, 7) is 5.87. The number of carbonyl (C=O) groups is 1. The monoisotopic (exact) mass is 272 g/mol. The van der Waals surface area contributed by atoms with Gasteiger partial charge in [0.15, 0.2) is 0 Å². The Morgan fingerprint density at radius 3 is 2.16 bits per heavy atom. The molecular formula is C16H32O3. The molecule has 0 aliphatic carbocycles. The zero-order chi connectivity index (χ0) is 14.5. The van der Waals surface area contributed by atoms with Gasteiger partial charge < -0.3 is 9.84 Å². The molecule has 0 spiro atoms. The Labute approximate surface area is 118 Å². The van der Waals surface area contributed by atoms with Gasteiger partial charge in [-0.05, 0) is 33.1 Å². The lowest BCUT2D eigenvalue weighted by Gasteiger charge is -2.14. The Morgan fingerprint density at radius 1 is 1.00 bits per heavy atom. The quantitative estimate of drug-likeness (QED) is 0.427. The molecule has 0 aromatic carbocycles. The highest BCUT2D eigenvalue weighted by atomic mass is 16.5. The Kier molecular flexibility index (Phi) is 12.1. The van der Waals surface area contributed by atoms with Crippen molar-refractivity contribution in [3.05, 3.63) is 0 Å². The summed E-state index contributed by atoms with van der Waals surface area (Å²) in [5.74, 6) is -0.0911. The Bertz CT molecular complexity index is 214. The summed E-state index contributed by atoms with van der Waals surface area (Å²) in [6.07, 6.45) is 10.1. The van der Waals surface area contributed by atoms with Crippen LogP contribution in [0.25, 0.3) is 0 Å². The van der Waals surface area contributed by atoms with Gasteiger partial charge in [-0.2, -0.15) is 0 Å². The van der Waals surface area contributed by atoms with E-state index < -0.39 is 0 Å². The van der Waals surface area contributed by atoms with Crippen molar-refractivity contribution in [1.29, 1.82) is 0 Å². The van der Waals surface area contributed by atoms with Gasteiger partial charge in [-0.3, -0.25) is 4.79 Å². The summed E-state index contributed by atoms with van der Waals surface area (Å²) in [6, 6.07) is 0. The van der Waals surface area contributed by atoms with Crippen molar-refractivity contribution in [3.63, 3.8) is 0 Å². The van der Waals surface area contributed by atoms with E-state index in [0.717, 1.165) is 19.3 Å². The molecule has 0 bridgehead atoms. The van der Waals surface area contributed by atoms with E-state index in [-0.39, 0.29) is 18.2 Å². The van der Waals surface area contributed by atoms with Crippen LogP contribution in [-0.2, 0) is 9.53 Å². The molecule has 0 heterocycles. The molecular weight excluding hydrogens is 240 g/mol. The maximum absolute atomic E-state index is 11.5. The minimum atomic E-state index is -0.315. The SMILES string of the molecule is CCCCCCCCCC(=O)OC(C)CCC(C)O. The maximum Gasteiger partial charge on any atom is 0.306 e. The third-order valence-corrected chi connectivity index (χ3v) is 3.31. The molecule has 0 saturated heterocycles. The normalized spacial score (nSPS) is 14.1. The van der Waals surface area contributed by atoms with Crippen LogP contribution in [0.2, 0.25) is 0 Å². The van der Waals surface area contributed by atoms with E-state index >= 15 is 0 Å². The molecule has 3 nitrogen and oxygen atoms in total. The molecule has 19 heavy (non-hydrogen) atoms. The van der Waals surface area contributed by atoms with Gasteiger partial charge in [-0.15, -0.1) is 0 Å². The van der Waals surface area contributed by atoms with Gasteiger partial charge in [0.2, 0.25) is 0 Å². The molecule has 0 aliphatic rings. The second-order valence-corrected chi connectivity index (χ2v) is 5.60. The summed E-state index contributed by atoms with van der Waals surface area (Å²) < 4.78 is 5.30. The highest BCUT2D eigenvalue weighted by Crippen LogP contribution is 2.10. The van der Waals surface area contributed by atoms with Crippen LogP contribution in [0.3, 0.4) is 0 Å². The smallest absolute Gasteiger partial charge is 0.306 e. The fourth-order valence-electron chi connectivity index (χ4n) is 2.04. The molecule has 0 aliphatic heterocycles. The van der Waals surface area contributed by atoms with E-state index in [1.165, 1.54) is 32.1 Å². The molecule has 0 saturated carbocycles. The summed E-state index contributed by atoms with van der Waals surface area (Å²) in [7, 11) is 0. The first-order valence-electron chi connectivity index (χ1n) is 7.93. The maximum atomic E-state index is 11.5. The van der Waals surface area contributed by atoms with E-state index in [1.807, 2.05) is 6.92 Å². The van der Waals surface area contributed by atoms with Crippen LogP contribution >= 0.6 is 0 Å². The highest BCUT2D eigenvalue weighted by molar-refractivity contribution is 5.69. The minimum absolute atomic E-state index is 0.0772. The van der Waals surface area contributed by atoms with Gasteiger partial charge >= 0.3 is 5.97 Å². The molecule has 0 aromatic heterocycles. The molecule has 0 radical (unpaired) electrons. The Balaban J connectivity index is 3.38. The van der Waals surface area contributed by atoms with Crippen LogP contribution in [0.5, 0.6) is 0 Å². The van der Waals surface area contributed by atoms with E-state index in [4.69, 9.17) is 9.84 Å². The van der Waals surface area contributed by atoms with E-state index in [0.29, 0.717) is 12.8 Å². The lowest BCUT2D eigenvalue weighted by molar-refractivity contribution is -0.148. The first kappa shape index (κ1) is 18.4. The predicted molar refractivity (Wildman–Crippen MR) is 79.1 cm³/mol. The number of ether oxygens (including phenoxy) is 1. The first-order valence-corrected chi connectivity index (χ1v) is 7.93. The summed E-state index contributed by atoms with van der Waals surface area (Å²) in [5, 5.41) is 9.16. The number of aliphatic hydroxyl groups is 1. The Hall–Kier alpha value is -0.570. The van der Waals surface area contributed by atoms with Crippen molar-refractivity contribution in [1.82, 2.24) is 0 Å². The zero-order valence-electron chi connectivity index (χ0n) is 13.0. The molecule has 0 aromatic rings. The van der Waals surface area contributed by atoms with Crippen LogP contribution in [0.1, 0.15) is 85.0 Å². The standard InChI is InChI=1S/C16H32O3/c1-4-5-6-7-8-9-10-11-16(18)19-15(3)13-12-14(2)17/h14-15,17H,4-13H2,1-3H3. The van der Waals surface area contributed by atoms with Crippen molar-refractivity contribution < 1.29 is 14.6 Å². The average Bonchev–Trinajstić information content (AvgIpc) is 2.35. The number of hydrogen-bond acceptors (Lipinski definition) is 3. The fourth-order valence-corrected chi connectivity index (χ4v) is 2.04. The number of hydrogen-bond donors (Lipinski definition) is 1. The van der Waals surface area contributed by atoms with E-state index in [1.54, 1.807) is 6.92 Å². The second-order valence-electron chi connectivity index (χ2n) is 5.60. The van der Waals surface area contributed by atoms with Gasteiger partial charge in [-0.25, -0.2) is 0 Å². The molecule has 1 N–H and O–H groups in total. The number of carbonyl (C=O) groups excluding carboxylic acids is 1. The van der Waals surface area contributed by atoms with Gasteiger partial charge in [-0.1, -0.05) is 45.4 Å². The van der Waals surface area contributed by atoms with Crippen LogP contribution in [0.15, 0.2) is 0 Å². The van der Waals surface area contributed by atoms with Crippen LogP contribution in [0, 0.1) is 0 Å². The Morgan fingerprint density at radius 2 is 1.58 bits per heavy atom. The van der Waals surface area contributed by atoms with Crippen LogP contribution < -0.4 is 0 Å². The van der Waals surface area contributed by atoms with Crippen molar-refractivity contribution >= 4 is 5.97 Å². The zero-order valence-corrected chi connectivity index (χ0v) is 13.0. The number of rotatable bonds is 12. The number of esters is 1. The number of unbranched alkanes of at least 4 members (excludes halogenated alkanes) is 6. The molecule has 0 fully saturated rings. The van der Waals surface area contributed by atoms with Crippen LogP contribution in [-0.4, -0.2) is 23.3 Å². The van der Waals surface area contributed by atoms with Crippen LogP contribution in [0.4, 0.5) is 0 Å². The molecule has 3 heteroatoms. The minimum Gasteiger partial charge on any atom is -0.463 e. The molecule has 114 valence electrons. The third-order valence-electron chi connectivity index (χ3n) is 3.31. The summed E-state index contributed by atoms with van der Waals surface area (Å²) in [5.41, 5.74) is 0. The topological polar surface area (TPSA) is 46.5 Å². The lowest BCUT2D eigenvalue weighted by Crippen LogP contribution is -2.16. The first-order chi connectivity index (χ1) is 9.06. The van der Waals surface area contributed by atoms with Crippen molar-refractivity contribution in [2.75, 3.05) is 0 Å². The van der Waals surface area contributed by atoms with Gasteiger partial charge in [0.25, 0.3) is 0 Å².